The van der Waals surface area contributed by atoms with Crippen LogP contribution in [0.3, 0.4) is 0 Å². The number of carbonyl (C=O) groups is 2. The van der Waals surface area contributed by atoms with E-state index < -0.39 is 5.92 Å². The average molecular weight is 320 g/mol. The molecule has 2 nitrogen and oxygen atoms in total. The van der Waals surface area contributed by atoms with Crippen molar-refractivity contribution in [3.63, 3.8) is 0 Å². The van der Waals surface area contributed by atoms with Gasteiger partial charge in [0.15, 0.2) is 5.78 Å². The molecule has 1 atom stereocenters. The summed E-state index contributed by atoms with van der Waals surface area (Å²) in [5.41, 5.74) is 6.31. The largest absolute Gasteiger partial charge is 0.299 e. The fourth-order valence-electron chi connectivity index (χ4n) is 3.24. The van der Waals surface area contributed by atoms with E-state index in [1.807, 2.05) is 64.1 Å². The Balaban J connectivity index is 2.50. The minimum atomic E-state index is -0.760. The molecule has 0 heterocycles. The first-order valence-electron chi connectivity index (χ1n) is 8.10. The number of ketones is 2. The van der Waals surface area contributed by atoms with Gasteiger partial charge in [0.05, 0.1) is 0 Å². The van der Waals surface area contributed by atoms with Gasteiger partial charge >= 0.3 is 0 Å². The molecule has 2 aromatic rings. The summed E-state index contributed by atoms with van der Waals surface area (Å²) >= 11 is 0. The summed E-state index contributed by atoms with van der Waals surface area (Å²) in [6.07, 6.45) is 0. The number of Topliss-reactive ketones (excluding diaryl/α,β-unsaturated/α-hetero) is 2. The van der Waals surface area contributed by atoms with Crippen LogP contribution in [0.4, 0.5) is 0 Å². The number of allylic oxidation sites excluding steroid dienone is 1. The van der Waals surface area contributed by atoms with E-state index in [0.717, 1.165) is 33.4 Å². The van der Waals surface area contributed by atoms with Crippen molar-refractivity contribution in [3.05, 3.63) is 76.4 Å². The topological polar surface area (TPSA) is 34.1 Å². The first-order valence-corrected chi connectivity index (χ1v) is 8.10. The molecule has 0 aliphatic heterocycles. The number of hydrogen-bond acceptors (Lipinski definition) is 2. The number of carbonyl (C=O) groups excluding carboxylic acids is 2. The second-order valence-electron chi connectivity index (χ2n) is 6.58. The molecule has 24 heavy (non-hydrogen) atoms. The van der Waals surface area contributed by atoms with Crippen molar-refractivity contribution in [1.29, 1.82) is 0 Å². The highest BCUT2D eigenvalue weighted by Gasteiger charge is 2.28. The van der Waals surface area contributed by atoms with Crippen LogP contribution < -0.4 is 0 Å². The predicted octanol–water partition coefficient (Wildman–Crippen LogP) is 5.20. The Morgan fingerprint density at radius 1 is 0.917 bits per heavy atom. The lowest BCUT2D eigenvalue weighted by Gasteiger charge is -2.17. The van der Waals surface area contributed by atoms with Crippen LogP contribution in [0.5, 0.6) is 0 Å². The van der Waals surface area contributed by atoms with E-state index in [1.54, 1.807) is 0 Å². The van der Waals surface area contributed by atoms with Crippen molar-refractivity contribution >= 4 is 17.1 Å². The van der Waals surface area contributed by atoms with Crippen LogP contribution in [-0.2, 0) is 4.79 Å². The molecule has 0 amide bonds. The molecule has 0 saturated heterocycles. The molecular formula is C22H24O2. The van der Waals surface area contributed by atoms with Crippen LogP contribution in [0.25, 0.3) is 5.57 Å². The SMILES string of the molecule is C=C(C)c1ccc(C(C(C)=O)C(=O)c2c(C)cc(C)cc2C)cc1. The Morgan fingerprint density at radius 2 is 1.42 bits per heavy atom. The molecule has 0 aliphatic rings. The van der Waals surface area contributed by atoms with Gasteiger partial charge in [-0.3, -0.25) is 9.59 Å². The molecule has 0 fully saturated rings. The van der Waals surface area contributed by atoms with Gasteiger partial charge in [-0.1, -0.05) is 54.1 Å². The molecule has 1 unspecified atom stereocenters. The van der Waals surface area contributed by atoms with Crippen LogP contribution in [-0.4, -0.2) is 11.6 Å². The number of benzene rings is 2. The van der Waals surface area contributed by atoms with E-state index in [4.69, 9.17) is 0 Å². The molecule has 0 aliphatic carbocycles. The van der Waals surface area contributed by atoms with Gasteiger partial charge < -0.3 is 0 Å². The van der Waals surface area contributed by atoms with Crippen LogP contribution >= 0.6 is 0 Å². The summed E-state index contributed by atoms with van der Waals surface area (Å²) in [6, 6.07) is 11.5. The van der Waals surface area contributed by atoms with Crippen LogP contribution in [0, 0.1) is 20.8 Å². The summed E-state index contributed by atoms with van der Waals surface area (Å²) in [7, 11) is 0. The third-order valence-corrected chi connectivity index (χ3v) is 4.33. The quantitative estimate of drug-likeness (QED) is 0.560. The summed E-state index contributed by atoms with van der Waals surface area (Å²) in [5.74, 6) is -1.02. The van der Waals surface area contributed by atoms with E-state index in [-0.39, 0.29) is 11.6 Å². The Bertz CT molecular complexity index is 787. The lowest BCUT2D eigenvalue weighted by Crippen LogP contribution is -2.22. The van der Waals surface area contributed by atoms with Crippen molar-refractivity contribution in [2.45, 2.75) is 40.5 Å². The highest BCUT2D eigenvalue weighted by Crippen LogP contribution is 2.27. The van der Waals surface area contributed by atoms with E-state index in [1.165, 1.54) is 6.92 Å². The molecule has 2 rings (SSSR count). The van der Waals surface area contributed by atoms with E-state index in [9.17, 15) is 9.59 Å². The first kappa shape index (κ1) is 17.9. The number of hydrogen-bond donors (Lipinski definition) is 0. The van der Waals surface area contributed by atoms with Crippen molar-refractivity contribution < 1.29 is 9.59 Å². The smallest absolute Gasteiger partial charge is 0.178 e. The number of aryl methyl sites for hydroxylation is 3. The second-order valence-corrected chi connectivity index (χ2v) is 6.58. The van der Waals surface area contributed by atoms with Crippen molar-refractivity contribution in [2.24, 2.45) is 0 Å². The van der Waals surface area contributed by atoms with Crippen molar-refractivity contribution in [3.8, 4) is 0 Å². The van der Waals surface area contributed by atoms with Gasteiger partial charge in [0.25, 0.3) is 0 Å². The fourth-order valence-corrected chi connectivity index (χ4v) is 3.24. The molecule has 0 radical (unpaired) electrons. The van der Waals surface area contributed by atoms with Crippen molar-refractivity contribution in [1.82, 2.24) is 0 Å². The standard InChI is InChI=1S/C22H24O2/c1-13(2)18-7-9-19(10-8-18)21(17(6)23)22(24)20-15(4)11-14(3)12-16(20)5/h7-12,21H,1H2,2-6H3. The maximum Gasteiger partial charge on any atom is 0.178 e. The first-order chi connectivity index (χ1) is 11.2. The van der Waals surface area contributed by atoms with E-state index in [0.29, 0.717) is 5.56 Å². The monoisotopic (exact) mass is 320 g/mol. The third-order valence-electron chi connectivity index (χ3n) is 4.33. The normalized spacial score (nSPS) is 11.9. The molecule has 0 saturated carbocycles. The van der Waals surface area contributed by atoms with Crippen molar-refractivity contribution in [2.75, 3.05) is 0 Å². The zero-order valence-electron chi connectivity index (χ0n) is 15.1. The zero-order valence-corrected chi connectivity index (χ0v) is 15.1. The molecule has 0 N–H and O–H groups in total. The Kier molecular flexibility index (Phi) is 5.18. The minimum Gasteiger partial charge on any atom is -0.299 e. The van der Waals surface area contributed by atoms with Gasteiger partial charge in [-0.2, -0.15) is 0 Å². The lowest BCUT2D eigenvalue weighted by atomic mass is 9.83. The summed E-state index contributed by atoms with van der Waals surface area (Å²) in [6.45, 7) is 13.2. The molecule has 2 heteroatoms. The zero-order chi connectivity index (χ0) is 18.0. The van der Waals surface area contributed by atoms with Gasteiger partial charge in [-0.25, -0.2) is 0 Å². The molecule has 124 valence electrons. The Labute approximate surface area is 144 Å². The maximum atomic E-state index is 13.1. The molecular weight excluding hydrogens is 296 g/mol. The van der Waals surface area contributed by atoms with Crippen LogP contribution in [0.2, 0.25) is 0 Å². The Hall–Kier alpha value is -2.48. The van der Waals surface area contributed by atoms with Crippen LogP contribution in [0.15, 0.2) is 43.0 Å². The number of rotatable bonds is 5. The van der Waals surface area contributed by atoms with E-state index in [2.05, 4.69) is 6.58 Å². The van der Waals surface area contributed by atoms with Gasteiger partial charge in [-0.15, -0.1) is 0 Å². The fraction of sp³-hybridized carbons (Fsp3) is 0.273. The minimum absolute atomic E-state index is 0.124. The molecule has 0 bridgehead atoms. The summed E-state index contributed by atoms with van der Waals surface area (Å²) in [4.78, 5) is 25.3. The summed E-state index contributed by atoms with van der Waals surface area (Å²) < 4.78 is 0. The highest BCUT2D eigenvalue weighted by molar-refractivity contribution is 6.15. The predicted molar refractivity (Wildman–Crippen MR) is 99.6 cm³/mol. The van der Waals surface area contributed by atoms with Gasteiger partial charge in [0, 0.05) is 5.56 Å². The molecule has 2 aromatic carbocycles. The van der Waals surface area contributed by atoms with Crippen LogP contribution in [0.1, 0.15) is 57.9 Å². The summed E-state index contributed by atoms with van der Waals surface area (Å²) in [5, 5.41) is 0. The van der Waals surface area contributed by atoms with Gasteiger partial charge in [0.1, 0.15) is 11.7 Å². The molecule has 0 spiro atoms. The Morgan fingerprint density at radius 3 is 1.83 bits per heavy atom. The second kappa shape index (κ2) is 6.96. The highest BCUT2D eigenvalue weighted by atomic mass is 16.1. The molecule has 0 aromatic heterocycles. The maximum absolute atomic E-state index is 13.1. The lowest BCUT2D eigenvalue weighted by molar-refractivity contribution is -0.117. The van der Waals surface area contributed by atoms with E-state index >= 15 is 0 Å². The van der Waals surface area contributed by atoms with Gasteiger partial charge in [-0.05, 0) is 56.9 Å². The average Bonchev–Trinajstić information content (AvgIpc) is 2.46. The third kappa shape index (κ3) is 3.53. The van der Waals surface area contributed by atoms with Gasteiger partial charge in [0.2, 0.25) is 0 Å².